The van der Waals surface area contributed by atoms with Gasteiger partial charge in [-0.1, -0.05) is 39.2 Å². The topological polar surface area (TPSA) is 42.2 Å². The molecule has 124 valence electrons. The van der Waals surface area contributed by atoms with E-state index in [9.17, 15) is 9.90 Å². The van der Waals surface area contributed by atoms with E-state index in [-0.39, 0.29) is 17.6 Å². The van der Waals surface area contributed by atoms with Crippen LogP contribution in [0.1, 0.15) is 82.4 Å². The van der Waals surface area contributed by atoms with Gasteiger partial charge >= 0.3 is 0 Å². The van der Waals surface area contributed by atoms with Crippen molar-refractivity contribution in [2.75, 3.05) is 0 Å². The second-order valence-electron chi connectivity index (χ2n) is 6.71. The predicted molar refractivity (Wildman–Crippen MR) is 91.4 cm³/mol. The van der Waals surface area contributed by atoms with Crippen LogP contribution < -0.4 is 5.56 Å². The maximum absolute atomic E-state index is 12.9. The van der Waals surface area contributed by atoms with Gasteiger partial charge in [0.15, 0.2) is 0 Å². The summed E-state index contributed by atoms with van der Waals surface area (Å²) in [5, 5.41) is 9.89. The van der Waals surface area contributed by atoms with Crippen LogP contribution in [-0.2, 0) is 13.0 Å². The average Bonchev–Trinajstić information content (AvgIpc) is 2.51. The number of aromatic nitrogens is 1. The summed E-state index contributed by atoms with van der Waals surface area (Å²) in [5.41, 5.74) is 2.29. The van der Waals surface area contributed by atoms with Gasteiger partial charge in [-0.3, -0.25) is 4.79 Å². The van der Waals surface area contributed by atoms with Crippen LogP contribution in [0.25, 0.3) is 0 Å². The van der Waals surface area contributed by atoms with Gasteiger partial charge in [0.1, 0.15) is 0 Å². The van der Waals surface area contributed by atoms with Crippen LogP contribution in [0.2, 0.25) is 0 Å². The average molecular weight is 305 g/mol. The molecule has 2 atom stereocenters. The van der Waals surface area contributed by atoms with Crippen LogP contribution in [-0.4, -0.2) is 15.8 Å². The Labute approximate surface area is 134 Å². The van der Waals surface area contributed by atoms with Gasteiger partial charge in [-0.05, 0) is 50.5 Å². The Bertz CT molecular complexity index is 521. The zero-order valence-electron chi connectivity index (χ0n) is 14.2. The Balaban J connectivity index is 2.25. The molecule has 3 nitrogen and oxygen atoms in total. The minimum absolute atomic E-state index is 0.190. The Morgan fingerprint density at radius 2 is 2.00 bits per heavy atom. The third-order valence-electron chi connectivity index (χ3n) is 4.86. The van der Waals surface area contributed by atoms with E-state index < -0.39 is 0 Å². The van der Waals surface area contributed by atoms with Crippen molar-refractivity contribution in [3.8, 4) is 0 Å². The monoisotopic (exact) mass is 305 g/mol. The van der Waals surface area contributed by atoms with Crippen molar-refractivity contribution in [2.45, 2.75) is 90.2 Å². The summed E-state index contributed by atoms with van der Waals surface area (Å²) in [4.78, 5) is 12.9. The van der Waals surface area contributed by atoms with E-state index in [1.54, 1.807) is 0 Å². The molecule has 0 aromatic carbocycles. The first-order valence-electron chi connectivity index (χ1n) is 9.08. The zero-order valence-corrected chi connectivity index (χ0v) is 14.2. The zero-order chi connectivity index (χ0) is 15.9. The van der Waals surface area contributed by atoms with Gasteiger partial charge in [0.05, 0.1) is 6.10 Å². The number of aliphatic hydroxyl groups is 1. The molecule has 22 heavy (non-hydrogen) atoms. The van der Waals surface area contributed by atoms with Crippen molar-refractivity contribution >= 4 is 0 Å². The predicted octanol–water partition coefficient (Wildman–Crippen LogP) is 4.01. The van der Waals surface area contributed by atoms with Gasteiger partial charge in [-0.2, -0.15) is 0 Å². The minimum Gasteiger partial charge on any atom is -0.393 e. The molecule has 0 spiro atoms. The quantitative estimate of drug-likeness (QED) is 0.773. The van der Waals surface area contributed by atoms with E-state index in [4.69, 9.17) is 0 Å². The summed E-state index contributed by atoms with van der Waals surface area (Å²) in [7, 11) is 0. The molecule has 0 saturated heterocycles. The molecule has 1 aromatic heterocycles. The summed E-state index contributed by atoms with van der Waals surface area (Å²) in [5.74, 6) is 0.240. The van der Waals surface area contributed by atoms with E-state index in [2.05, 4.69) is 19.9 Å². The highest BCUT2D eigenvalue weighted by Gasteiger charge is 2.24. The molecule has 1 N–H and O–H groups in total. The lowest BCUT2D eigenvalue weighted by molar-refractivity contribution is 0.119. The molecule has 3 heteroatoms. The summed E-state index contributed by atoms with van der Waals surface area (Å²) in [6.07, 6.45) is 9.01. The second kappa shape index (κ2) is 8.52. The molecule has 1 saturated carbocycles. The van der Waals surface area contributed by atoms with Gasteiger partial charge in [0.2, 0.25) is 0 Å². The molecule has 1 aromatic rings. The van der Waals surface area contributed by atoms with Gasteiger partial charge < -0.3 is 9.67 Å². The lowest BCUT2D eigenvalue weighted by Crippen LogP contribution is -2.30. The minimum atomic E-state index is -0.234. The van der Waals surface area contributed by atoms with Gasteiger partial charge in [-0.25, -0.2) is 0 Å². The number of nitrogens with zero attached hydrogens (tertiary/aromatic N) is 1. The first-order chi connectivity index (χ1) is 10.7. The maximum Gasteiger partial charge on any atom is 0.254 e. The number of unbranched alkanes of at least 4 members (excludes halogenated alkanes) is 2. The molecule has 1 aliphatic rings. The van der Waals surface area contributed by atoms with Crippen molar-refractivity contribution in [1.82, 2.24) is 4.57 Å². The number of hydrogen-bond donors (Lipinski definition) is 1. The highest BCUT2D eigenvalue weighted by Crippen LogP contribution is 2.31. The summed E-state index contributed by atoms with van der Waals surface area (Å²) < 4.78 is 1.99. The standard InChI is InChI=1S/C19H31NO2/c1-3-5-6-9-16-11-12-18(19(22)20(16)13-4-2)15-8-7-10-17(21)14-15/h11-12,15,17,21H,3-10,13-14H2,1-2H3/t15-,17?/m0/s1. The third-order valence-corrected chi connectivity index (χ3v) is 4.86. The van der Waals surface area contributed by atoms with E-state index in [0.29, 0.717) is 0 Å². The summed E-state index contributed by atoms with van der Waals surface area (Å²) in [6, 6.07) is 4.20. The molecule has 0 amide bonds. The maximum atomic E-state index is 12.9. The SMILES string of the molecule is CCCCCc1ccc([C@H]2CCCC(O)C2)c(=O)n1CCC. The molecular weight excluding hydrogens is 274 g/mol. The fourth-order valence-electron chi connectivity index (χ4n) is 3.63. The summed E-state index contributed by atoms with van der Waals surface area (Å²) >= 11 is 0. The Kier molecular flexibility index (Phi) is 6.69. The normalized spacial score (nSPS) is 22.0. The number of aliphatic hydroxyl groups excluding tert-OH is 1. The first-order valence-corrected chi connectivity index (χ1v) is 9.08. The fourth-order valence-corrected chi connectivity index (χ4v) is 3.63. The van der Waals surface area contributed by atoms with Crippen LogP contribution >= 0.6 is 0 Å². The molecule has 1 unspecified atom stereocenters. The van der Waals surface area contributed by atoms with Crippen molar-refractivity contribution in [3.63, 3.8) is 0 Å². The smallest absolute Gasteiger partial charge is 0.254 e. The first kappa shape index (κ1) is 17.3. The highest BCUT2D eigenvalue weighted by atomic mass is 16.3. The molecular formula is C19H31NO2. The van der Waals surface area contributed by atoms with Crippen LogP contribution in [0.15, 0.2) is 16.9 Å². The number of hydrogen-bond acceptors (Lipinski definition) is 2. The van der Waals surface area contributed by atoms with Crippen molar-refractivity contribution in [3.05, 3.63) is 33.7 Å². The Morgan fingerprint density at radius 1 is 1.18 bits per heavy atom. The fraction of sp³-hybridized carbons (Fsp3) is 0.737. The summed E-state index contributed by atoms with van der Waals surface area (Å²) in [6.45, 7) is 5.14. The largest absolute Gasteiger partial charge is 0.393 e. The van der Waals surface area contributed by atoms with Gasteiger partial charge in [0, 0.05) is 17.8 Å². The van der Waals surface area contributed by atoms with Gasteiger partial charge in [0.25, 0.3) is 5.56 Å². The highest BCUT2D eigenvalue weighted by molar-refractivity contribution is 5.21. The van der Waals surface area contributed by atoms with E-state index >= 15 is 0 Å². The van der Waals surface area contributed by atoms with E-state index in [0.717, 1.165) is 57.1 Å². The molecule has 0 radical (unpaired) electrons. The molecule has 1 aliphatic carbocycles. The van der Waals surface area contributed by atoms with Crippen LogP contribution in [0.4, 0.5) is 0 Å². The Hall–Kier alpha value is -1.09. The van der Waals surface area contributed by atoms with Crippen molar-refractivity contribution in [2.24, 2.45) is 0 Å². The molecule has 2 rings (SSSR count). The third kappa shape index (κ3) is 4.22. The second-order valence-corrected chi connectivity index (χ2v) is 6.71. The van der Waals surface area contributed by atoms with Crippen LogP contribution in [0, 0.1) is 0 Å². The molecule has 0 aliphatic heterocycles. The van der Waals surface area contributed by atoms with Crippen LogP contribution in [0.5, 0.6) is 0 Å². The number of rotatable bonds is 7. The van der Waals surface area contributed by atoms with Crippen molar-refractivity contribution < 1.29 is 5.11 Å². The van der Waals surface area contributed by atoms with E-state index in [1.165, 1.54) is 18.5 Å². The van der Waals surface area contributed by atoms with Crippen LogP contribution in [0.3, 0.4) is 0 Å². The molecule has 0 bridgehead atoms. The van der Waals surface area contributed by atoms with E-state index in [1.807, 2.05) is 10.6 Å². The molecule has 1 heterocycles. The lowest BCUT2D eigenvalue weighted by Gasteiger charge is -2.26. The Morgan fingerprint density at radius 3 is 2.68 bits per heavy atom. The van der Waals surface area contributed by atoms with Gasteiger partial charge in [-0.15, -0.1) is 0 Å². The number of aryl methyl sites for hydroxylation is 1. The van der Waals surface area contributed by atoms with Crippen molar-refractivity contribution in [1.29, 1.82) is 0 Å². The lowest BCUT2D eigenvalue weighted by atomic mass is 9.83. The molecule has 1 fully saturated rings. The number of pyridine rings is 1.